The molecule has 1 aromatic carbocycles. The van der Waals surface area contributed by atoms with Crippen LogP contribution in [0.1, 0.15) is 23.2 Å². The number of aliphatic hydroxyl groups is 1. The predicted molar refractivity (Wildman–Crippen MR) is 57.9 cm³/mol. The maximum absolute atomic E-state index is 11.6. The van der Waals surface area contributed by atoms with E-state index in [4.69, 9.17) is 16.7 Å². The van der Waals surface area contributed by atoms with E-state index in [0.29, 0.717) is 23.4 Å². The molecule has 0 aliphatic heterocycles. The van der Waals surface area contributed by atoms with Crippen LogP contribution in [0.15, 0.2) is 24.3 Å². The van der Waals surface area contributed by atoms with Crippen molar-refractivity contribution in [2.45, 2.75) is 25.0 Å². The van der Waals surface area contributed by atoms with Crippen molar-refractivity contribution in [2.75, 3.05) is 0 Å². The Hall–Kier alpha value is -1.06. The number of hydrogen-bond donors (Lipinski definition) is 2. The van der Waals surface area contributed by atoms with Gasteiger partial charge in [-0.3, -0.25) is 4.79 Å². The quantitative estimate of drug-likeness (QED) is 0.803. The second-order valence-electron chi connectivity index (χ2n) is 3.80. The minimum absolute atomic E-state index is 0.108. The molecule has 1 amide bonds. The first kappa shape index (κ1) is 10.5. The van der Waals surface area contributed by atoms with E-state index in [0.717, 1.165) is 0 Å². The first-order valence-corrected chi connectivity index (χ1v) is 5.27. The van der Waals surface area contributed by atoms with Crippen molar-refractivity contribution in [1.82, 2.24) is 5.32 Å². The Morgan fingerprint density at radius 1 is 1.33 bits per heavy atom. The summed E-state index contributed by atoms with van der Waals surface area (Å²) < 4.78 is 0. The molecule has 80 valence electrons. The van der Waals surface area contributed by atoms with Crippen LogP contribution in [0.5, 0.6) is 0 Å². The molecule has 1 aromatic rings. The summed E-state index contributed by atoms with van der Waals surface area (Å²) in [6.45, 7) is 0. The lowest BCUT2D eigenvalue weighted by Gasteiger charge is -2.31. The average molecular weight is 226 g/mol. The molecule has 2 rings (SSSR count). The molecule has 1 fully saturated rings. The van der Waals surface area contributed by atoms with Gasteiger partial charge in [-0.25, -0.2) is 0 Å². The summed E-state index contributed by atoms with van der Waals surface area (Å²) in [7, 11) is 0. The van der Waals surface area contributed by atoms with Gasteiger partial charge in [0.2, 0.25) is 0 Å². The van der Waals surface area contributed by atoms with Crippen molar-refractivity contribution in [2.24, 2.45) is 0 Å². The fourth-order valence-corrected chi connectivity index (χ4v) is 1.70. The van der Waals surface area contributed by atoms with E-state index in [-0.39, 0.29) is 18.1 Å². The Morgan fingerprint density at radius 3 is 2.47 bits per heavy atom. The first-order chi connectivity index (χ1) is 7.15. The lowest BCUT2D eigenvalue weighted by Crippen LogP contribution is -2.46. The van der Waals surface area contributed by atoms with E-state index < -0.39 is 0 Å². The molecule has 0 bridgehead atoms. The monoisotopic (exact) mass is 225 g/mol. The Labute approximate surface area is 93.1 Å². The number of carbonyl (C=O) groups is 1. The highest BCUT2D eigenvalue weighted by molar-refractivity contribution is 6.30. The standard InChI is InChI=1S/C11H12ClNO2/c12-8-3-1-7(2-4-8)11(15)13-9-5-10(14)6-9/h1-4,9-10,14H,5-6H2,(H,13,15). The lowest BCUT2D eigenvalue weighted by molar-refractivity contribution is 0.0562. The Morgan fingerprint density at radius 2 is 1.93 bits per heavy atom. The Kier molecular flexibility index (Phi) is 2.93. The molecule has 0 unspecified atom stereocenters. The summed E-state index contributed by atoms with van der Waals surface area (Å²) in [4.78, 5) is 11.6. The second kappa shape index (κ2) is 4.21. The summed E-state index contributed by atoms with van der Waals surface area (Å²) in [6.07, 6.45) is 1.05. The molecule has 0 aromatic heterocycles. The van der Waals surface area contributed by atoms with E-state index in [1.807, 2.05) is 0 Å². The first-order valence-electron chi connectivity index (χ1n) is 4.89. The minimum atomic E-state index is -0.250. The molecule has 1 saturated carbocycles. The van der Waals surface area contributed by atoms with E-state index in [2.05, 4.69) is 5.32 Å². The van der Waals surface area contributed by atoms with Crippen LogP contribution in [0.3, 0.4) is 0 Å². The van der Waals surface area contributed by atoms with Gasteiger partial charge in [0.25, 0.3) is 5.91 Å². The van der Waals surface area contributed by atoms with Crippen molar-refractivity contribution < 1.29 is 9.90 Å². The van der Waals surface area contributed by atoms with E-state index in [9.17, 15) is 4.79 Å². The van der Waals surface area contributed by atoms with Gasteiger partial charge >= 0.3 is 0 Å². The average Bonchev–Trinajstić information content (AvgIpc) is 2.16. The van der Waals surface area contributed by atoms with Gasteiger partial charge < -0.3 is 10.4 Å². The van der Waals surface area contributed by atoms with E-state index >= 15 is 0 Å². The molecule has 0 spiro atoms. The third kappa shape index (κ3) is 2.49. The van der Waals surface area contributed by atoms with Crippen LogP contribution in [0.25, 0.3) is 0 Å². The number of carbonyl (C=O) groups excluding carboxylic acids is 1. The van der Waals surface area contributed by atoms with Gasteiger partial charge in [0, 0.05) is 16.6 Å². The zero-order valence-electron chi connectivity index (χ0n) is 8.11. The molecular formula is C11H12ClNO2. The Bertz CT molecular complexity index is 357. The van der Waals surface area contributed by atoms with Gasteiger partial charge in [-0.15, -0.1) is 0 Å². The number of halogens is 1. The normalized spacial score (nSPS) is 24.4. The number of amides is 1. The summed E-state index contributed by atoms with van der Waals surface area (Å²) in [5.74, 6) is -0.108. The highest BCUT2D eigenvalue weighted by atomic mass is 35.5. The topological polar surface area (TPSA) is 49.3 Å². The zero-order chi connectivity index (χ0) is 10.8. The molecule has 0 radical (unpaired) electrons. The highest BCUT2D eigenvalue weighted by Gasteiger charge is 2.28. The molecule has 0 atom stereocenters. The van der Waals surface area contributed by atoms with Gasteiger partial charge in [0.1, 0.15) is 0 Å². The van der Waals surface area contributed by atoms with Crippen molar-refractivity contribution in [1.29, 1.82) is 0 Å². The summed E-state index contributed by atoms with van der Waals surface area (Å²) in [6, 6.07) is 6.86. The SMILES string of the molecule is O=C(NC1CC(O)C1)c1ccc(Cl)cc1. The second-order valence-corrected chi connectivity index (χ2v) is 4.24. The molecule has 15 heavy (non-hydrogen) atoms. The van der Waals surface area contributed by atoms with E-state index in [1.54, 1.807) is 24.3 Å². The summed E-state index contributed by atoms with van der Waals surface area (Å²) in [5, 5.41) is 12.5. The van der Waals surface area contributed by atoms with Crippen molar-refractivity contribution >= 4 is 17.5 Å². The van der Waals surface area contributed by atoms with Gasteiger partial charge in [-0.2, -0.15) is 0 Å². The molecule has 2 N–H and O–H groups in total. The van der Waals surface area contributed by atoms with Crippen LogP contribution < -0.4 is 5.32 Å². The molecule has 0 heterocycles. The van der Waals surface area contributed by atoms with Crippen LogP contribution in [-0.4, -0.2) is 23.2 Å². The molecule has 3 nitrogen and oxygen atoms in total. The van der Waals surface area contributed by atoms with Crippen LogP contribution >= 0.6 is 11.6 Å². The van der Waals surface area contributed by atoms with E-state index in [1.165, 1.54) is 0 Å². The zero-order valence-corrected chi connectivity index (χ0v) is 8.87. The number of hydrogen-bond acceptors (Lipinski definition) is 2. The van der Waals surface area contributed by atoms with Crippen molar-refractivity contribution in [3.63, 3.8) is 0 Å². The third-order valence-electron chi connectivity index (χ3n) is 2.55. The van der Waals surface area contributed by atoms with Crippen LogP contribution in [0.4, 0.5) is 0 Å². The number of nitrogens with one attached hydrogen (secondary N) is 1. The largest absolute Gasteiger partial charge is 0.393 e. The van der Waals surface area contributed by atoms with Crippen molar-refractivity contribution in [3.05, 3.63) is 34.9 Å². The molecule has 4 heteroatoms. The maximum Gasteiger partial charge on any atom is 0.251 e. The van der Waals surface area contributed by atoms with Gasteiger partial charge in [-0.05, 0) is 37.1 Å². The molecule has 0 saturated heterocycles. The number of rotatable bonds is 2. The van der Waals surface area contributed by atoms with Gasteiger partial charge in [0.15, 0.2) is 0 Å². The van der Waals surface area contributed by atoms with Gasteiger partial charge in [-0.1, -0.05) is 11.6 Å². The van der Waals surface area contributed by atoms with Crippen LogP contribution in [-0.2, 0) is 0 Å². The number of aliphatic hydroxyl groups excluding tert-OH is 1. The fourth-order valence-electron chi connectivity index (χ4n) is 1.58. The van der Waals surface area contributed by atoms with Crippen molar-refractivity contribution in [3.8, 4) is 0 Å². The molecule has 1 aliphatic rings. The summed E-state index contributed by atoms with van der Waals surface area (Å²) >= 11 is 5.71. The fraction of sp³-hybridized carbons (Fsp3) is 0.364. The molecular weight excluding hydrogens is 214 g/mol. The summed E-state index contributed by atoms with van der Waals surface area (Å²) in [5.41, 5.74) is 0.598. The Balaban J connectivity index is 1.93. The number of benzene rings is 1. The lowest BCUT2D eigenvalue weighted by atomic mass is 9.89. The third-order valence-corrected chi connectivity index (χ3v) is 2.81. The molecule has 1 aliphatic carbocycles. The van der Waals surface area contributed by atoms with Gasteiger partial charge in [0.05, 0.1) is 6.10 Å². The smallest absolute Gasteiger partial charge is 0.251 e. The van der Waals surface area contributed by atoms with Crippen LogP contribution in [0, 0.1) is 0 Å². The maximum atomic E-state index is 11.6. The highest BCUT2D eigenvalue weighted by Crippen LogP contribution is 2.20. The predicted octanol–water partition coefficient (Wildman–Crippen LogP) is 1.59. The minimum Gasteiger partial charge on any atom is -0.393 e. The van der Waals surface area contributed by atoms with Crippen LogP contribution in [0.2, 0.25) is 5.02 Å².